The molecule has 4 nitrogen and oxygen atoms in total. The van der Waals surface area contributed by atoms with Crippen LogP contribution in [0.1, 0.15) is 31.9 Å². The summed E-state index contributed by atoms with van der Waals surface area (Å²) in [5.41, 5.74) is 13.8. The van der Waals surface area contributed by atoms with Crippen molar-refractivity contribution in [3.05, 3.63) is 77.2 Å². The Balaban J connectivity index is 2.34. The van der Waals surface area contributed by atoms with Crippen LogP contribution in [-0.2, 0) is 6.54 Å². The molecule has 0 unspecified atom stereocenters. The van der Waals surface area contributed by atoms with Crippen LogP contribution in [-0.4, -0.2) is 23.0 Å². The third-order valence-corrected chi connectivity index (χ3v) is 4.46. The van der Waals surface area contributed by atoms with Crippen molar-refractivity contribution in [1.29, 1.82) is 0 Å². The Morgan fingerprint density at radius 1 is 1.25 bits per heavy atom. The summed E-state index contributed by atoms with van der Waals surface area (Å²) >= 11 is 0. The second kappa shape index (κ2) is 6.57. The fourth-order valence-electron chi connectivity index (χ4n) is 3.36. The molecule has 3 rings (SSSR count). The predicted molar refractivity (Wildman–Crippen MR) is 100 cm³/mol. The van der Waals surface area contributed by atoms with Crippen LogP contribution in [0.5, 0.6) is 0 Å². The second-order valence-corrected chi connectivity index (χ2v) is 6.44. The average molecular weight is 322 g/mol. The van der Waals surface area contributed by atoms with Crippen molar-refractivity contribution in [3.63, 3.8) is 0 Å². The number of rotatable bonds is 3. The van der Waals surface area contributed by atoms with E-state index in [0.717, 1.165) is 23.5 Å². The summed E-state index contributed by atoms with van der Waals surface area (Å²) in [5, 5.41) is 2.20. The van der Waals surface area contributed by atoms with E-state index >= 15 is 0 Å². The summed E-state index contributed by atoms with van der Waals surface area (Å²) in [5.74, 6) is 0. The van der Waals surface area contributed by atoms with Gasteiger partial charge in [-0.2, -0.15) is 0 Å². The van der Waals surface area contributed by atoms with Crippen LogP contribution in [0.3, 0.4) is 0 Å². The number of nitrogens with zero attached hydrogens (tertiary/aromatic N) is 2. The summed E-state index contributed by atoms with van der Waals surface area (Å²) < 4.78 is 0. The Bertz CT molecular complexity index is 740. The number of hydrogen-bond donors (Lipinski definition) is 2. The molecule has 0 amide bonds. The molecule has 24 heavy (non-hydrogen) atoms. The quantitative estimate of drug-likeness (QED) is 0.891. The number of nitrogens with one attached hydrogen (secondary N) is 2. The van der Waals surface area contributed by atoms with Crippen LogP contribution >= 0.6 is 0 Å². The van der Waals surface area contributed by atoms with E-state index in [-0.39, 0.29) is 0 Å². The van der Waals surface area contributed by atoms with Gasteiger partial charge in [0.15, 0.2) is 0 Å². The standard InChI is InChI=1S/C20H26N4/c1-6-10-17-18(7-2)23(5)13-15-11-8-9-12-16(15)20-19(17)21-22-24(20)14(3)4/h6-12,14,21-22H,2,13H2,1,3-5H3/b10-6-,18-17-. The van der Waals surface area contributed by atoms with Gasteiger partial charge in [-0.3, -0.25) is 5.01 Å². The van der Waals surface area contributed by atoms with Gasteiger partial charge in [-0.15, -0.1) is 5.53 Å². The van der Waals surface area contributed by atoms with Crippen LogP contribution < -0.4 is 11.0 Å². The largest absolute Gasteiger partial charge is 0.370 e. The van der Waals surface area contributed by atoms with Crippen molar-refractivity contribution in [2.75, 3.05) is 7.05 Å². The summed E-state index contributed by atoms with van der Waals surface area (Å²) in [6.07, 6.45) is 6.16. The third kappa shape index (κ3) is 2.63. The molecule has 0 atom stereocenters. The van der Waals surface area contributed by atoms with E-state index in [1.807, 2.05) is 13.0 Å². The van der Waals surface area contributed by atoms with Gasteiger partial charge in [0.1, 0.15) is 0 Å². The Kier molecular flexibility index (Phi) is 4.49. The number of hydrogen-bond acceptors (Lipinski definition) is 4. The maximum Gasteiger partial charge on any atom is 0.0868 e. The summed E-state index contributed by atoms with van der Waals surface area (Å²) in [7, 11) is 2.12. The highest BCUT2D eigenvalue weighted by molar-refractivity contribution is 5.76. The number of allylic oxidation sites excluding steroid dienone is 3. The first-order chi connectivity index (χ1) is 11.6. The zero-order valence-electron chi connectivity index (χ0n) is 14.9. The van der Waals surface area contributed by atoms with Crippen LogP contribution in [0, 0.1) is 0 Å². The van der Waals surface area contributed by atoms with Crippen molar-refractivity contribution in [1.82, 2.24) is 20.9 Å². The molecule has 0 radical (unpaired) electrons. The van der Waals surface area contributed by atoms with E-state index in [1.165, 1.54) is 16.8 Å². The smallest absolute Gasteiger partial charge is 0.0868 e. The van der Waals surface area contributed by atoms with Gasteiger partial charge >= 0.3 is 0 Å². The van der Waals surface area contributed by atoms with Gasteiger partial charge in [0.25, 0.3) is 0 Å². The molecule has 2 aliphatic rings. The Labute approximate surface area is 144 Å². The highest BCUT2D eigenvalue weighted by atomic mass is 15.7. The highest BCUT2D eigenvalue weighted by Gasteiger charge is 2.31. The van der Waals surface area contributed by atoms with Gasteiger partial charge in [0.2, 0.25) is 0 Å². The number of likely N-dealkylation sites (N-methyl/N-ethyl adjacent to an activating group) is 1. The third-order valence-electron chi connectivity index (χ3n) is 4.46. The molecule has 4 heteroatoms. The van der Waals surface area contributed by atoms with E-state index in [4.69, 9.17) is 0 Å². The van der Waals surface area contributed by atoms with Gasteiger partial charge in [0, 0.05) is 36.5 Å². The fraction of sp³-hybridized carbons (Fsp3) is 0.300. The first kappa shape index (κ1) is 16.4. The van der Waals surface area contributed by atoms with E-state index in [2.05, 4.69) is 84.8 Å². The van der Waals surface area contributed by atoms with E-state index in [0.29, 0.717) is 6.04 Å². The number of fused-ring (bicyclic) bond motifs is 2. The van der Waals surface area contributed by atoms with Gasteiger partial charge in [-0.05, 0) is 32.4 Å². The normalized spacial score (nSPS) is 20.9. The monoisotopic (exact) mass is 322 g/mol. The topological polar surface area (TPSA) is 30.5 Å². The van der Waals surface area contributed by atoms with Gasteiger partial charge in [-0.25, -0.2) is 0 Å². The molecular weight excluding hydrogens is 296 g/mol. The number of hydrazine groups is 2. The summed E-state index contributed by atoms with van der Waals surface area (Å²) in [6.45, 7) is 11.3. The molecule has 0 saturated carbocycles. The van der Waals surface area contributed by atoms with E-state index < -0.39 is 0 Å². The van der Waals surface area contributed by atoms with Gasteiger partial charge < -0.3 is 10.3 Å². The SMILES string of the molecule is C=C/C1=C(\C=C/C)C2=C(c3ccccc3CN1C)N(C(C)C)NN2. The van der Waals surface area contributed by atoms with Crippen molar-refractivity contribution in [2.24, 2.45) is 0 Å². The lowest BCUT2D eigenvalue weighted by Crippen LogP contribution is -2.42. The first-order valence-corrected chi connectivity index (χ1v) is 8.42. The van der Waals surface area contributed by atoms with Crippen LogP contribution in [0.4, 0.5) is 0 Å². The zero-order valence-corrected chi connectivity index (χ0v) is 14.9. The number of benzene rings is 1. The minimum atomic E-state index is 0.328. The van der Waals surface area contributed by atoms with Crippen LogP contribution in [0.15, 0.2) is 66.0 Å². The molecule has 2 aliphatic heterocycles. The molecular formula is C20H26N4. The van der Waals surface area contributed by atoms with Crippen molar-refractivity contribution in [2.45, 2.75) is 33.4 Å². The van der Waals surface area contributed by atoms with Crippen molar-refractivity contribution < 1.29 is 0 Å². The minimum Gasteiger partial charge on any atom is -0.370 e. The van der Waals surface area contributed by atoms with Gasteiger partial charge in [-0.1, -0.05) is 43.0 Å². The predicted octanol–water partition coefficient (Wildman–Crippen LogP) is 3.55. The molecule has 2 N–H and O–H groups in total. The van der Waals surface area contributed by atoms with Crippen molar-refractivity contribution >= 4 is 5.70 Å². The first-order valence-electron chi connectivity index (χ1n) is 8.42. The molecule has 1 aromatic rings. The fourth-order valence-corrected chi connectivity index (χ4v) is 3.36. The lowest BCUT2D eigenvalue weighted by Gasteiger charge is -2.30. The Morgan fingerprint density at radius 2 is 2.00 bits per heavy atom. The molecule has 0 spiro atoms. The lowest BCUT2D eigenvalue weighted by molar-refractivity contribution is 0.235. The Morgan fingerprint density at radius 3 is 2.67 bits per heavy atom. The van der Waals surface area contributed by atoms with Crippen LogP contribution in [0.2, 0.25) is 0 Å². The average Bonchev–Trinajstić information content (AvgIpc) is 2.98. The molecule has 0 bridgehead atoms. The Hall–Kier alpha value is -2.46. The second-order valence-electron chi connectivity index (χ2n) is 6.44. The van der Waals surface area contributed by atoms with E-state index in [9.17, 15) is 0 Å². The zero-order chi connectivity index (χ0) is 17.3. The summed E-state index contributed by atoms with van der Waals surface area (Å²) in [6, 6.07) is 8.95. The van der Waals surface area contributed by atoms with Crippen molar-refractivity contribution in [3.8, 4) is 0 Å². The highest BCUT2D eigenvalue weighted by Crippen LogP contribution is 2.36. The molecule has 0 aromatic heterocycles. The maximum absolute atomic E-state index is 4.05. The maximum atomic E-state index is 4.05. The minimum absolute atomic E-state index is 0.328. The summed E-state index contributed by atoms with van der Waals surface area (Å²) in [4.78, 5) is 2.25. The molecule has 1 aromatic carbocycles. The molecule has 126 valence electrons. The van der Waals surface area contributed by atoms with Crippen LogP contribution in [0.25, 0.3) is 5.70 Å². The lowest BCUT2D eigenvalue weighted by atomic mass is 9.95. The molecule has 0 saturated heterocycles. The molecule has 0 aliphatic carbocycles. The van der Waals surface area contributed by atoms with Gasteiger partial charge in [0.05, 0.1) is 11.4 Å². The molecule has 0 fully saturated rings. The molecule has 2 heterocycles. The van der Waals surface area contributed by atoms with E-state index in [1.54, 1.807) is 0 Å².